The molecular weight excluding hydrogens is 144 g/mol. The number of allylic oxidation sites excluding steroid dienone is 2. The Morgan fingerprint density at radius 3 is 1.67 bits per heavy atom. The Bertz CT molecular complexity index is 159. The van der Waals surface area contributed by atoms with Crippen LogP contribution < -0.4 is 0 Å². The van der Waals surface area contributed by atoms with Crippen LogP contribution in [0, 0.1) is 10.8 Å². The fourth-order valence-electron chi connectivity index (χ4n) is 0.765. The fourth-order valence-corrected chi connectivity index (χ4v) is 0.765. The van der Waals surface area contributed by atoms with E-state index in [-0.39, 0.29) is 0 Å². The van der Waals surface area contributed by atoms with Gasteiger partial charge >= 0.3 is 0 Å². The van der Waals surface area contributed by atoms with Crippen molar-refractivity contribution >= 4 is 0 Å². The molecule has 0 aliphatic carbocycles. The van der Waals surface area contributed by atoms with Crippen molar-refractivity contribution in [2.45, 2.75) is 54.9 Å². The topological polar surface area (TPSA) is 0 Å². The van der Waals surface area contributed by atoms with Crippen LogP contribution in [0.1, 0.15) is 54.9 Å². The van der Waals surface area contributed by atoms with Crippen LogP contribution in [0.25, 0.3) is 0 Å². The molecule has 0 spiro atoms. The Morgan fingerprint density at radius 2 is 1.42 bits per heavy atom. The highest BCUT2D eigenvalue weighted by Crippen LogP contribution is 2.27. The van der Waals surface area contributed by atoms with Crippen molar-refractivity contribution in [1.29, 1.82) is 0 Å². The summed E-state index contributed by atoms with van der Waals surface area (Å²) in [5.41, 5.74) is 2.26. The van der Waals surface area contributed by atoms with E-state index in [4.69, 9.17) is 0 Å². The minimum Gasteiger partial charge on any atom is -0.0846 e. The summed E-state index contributed by atoms with van der Waals surface area (Å²) in [6.07, 6.45) is 3.55. The second-order valence-corrected chi connectivity index (χ2v) is 5.90. The monoisotopic (exact) mass is 168 g/mol. The first-order valence-corrected chi connectivity index (χ1v) is 4.80. The van der Waals surface area contributed by atoms with Gasteiger partial charge in [-0.3, -0.25) is 0 Å². The van der Waals surface area contributed by atoms with Crippen LogP contribution in [-0.2, 0) is 0 Å². The Hall–Kier alpha value is -0.260. The second kappa shape index (κ2) is 3.64. The van der Waals surface area contributed by atoms with Crippen LogP contribution in [0.15, 0.2) is 11.6 Å². The van der Waals surface area contributed by atoms with Gasteiger partial charge in [0.1, 0.15) is 0 Å². The van der Waals surface area contributed by atoms with Gasteiger partial charge in [0.05, 0.1) is 0 Å². The third kappa shape index (κ3) is 5.40. The molecular formula is C12H24. The average molecular weight is 168 g/mol. The zero-order chi connectivity index (χ0) is 9.99. The second-order valence-electron chi connectivity index (χ2n) is 5.90. The smallest absolute Gasteiger partial charge is 0.0176 e. The summed E-state index contributed by atoms with van der Waals surface area (Å²) < 4.78 is 0. The van der Waals surface area contributed by atoms with E-state index in [9.17, 15) is 0 Å². The Balaban J connectivity index is 4.21. The minimum absolute atomic E-state index is 0.339. The molecule has 0 aromatic rings. The molecule has 0 aliphatic heterocycles. The maximum Gasteiger partial charge on any atom is -0.0176 e. The minimum atomic E-state index is 0.339. The maximum absolute atomic E-state index is 2.38. The molecule has 0 fully saturated rings. The average Bonchev–Trinajstić information content (AvgIpc) is 1.78. The predicted molar refractivity (Wildman–Crippen MR) is 57.3 cm³/mol. The molecule has 0 heterocycles. The summed E-state index contributed by atoms with van der Waals surface area (Å²) in [4.78, 5) is 0. The first-order valence-electron chi connectivity index (χ1n) is 4.80. The highest BCUT2D eigenvalue weighted by molar-refractivity contribution is 5.07. The van der Waals surface area contributed by atoms with E-state index in [0.717, 1.165) is 0 Å². The van der Waals surface area contributed by atoms with Crippen LogP contribution in [0.5, 0.6) is 0 Å². The van der Waals surface area contributed by atoms with Gasteiger partial charge < -0.3 is 0 Å². The van der Waals surface area contributed by atoms with Crippen molar-refractivity contribution in [3.05, 3.63) is 11.6 Å². The van der Waals surface area contributed by atoms with E-state index in [1.165, 1.54) is 12.0 Å². The Morgan fingerprint density at radius 1 is 1.00 bits per heavy atom. The molecule has 0 saturated carbocycles. The molecule has 0 radical (unpaired) electrons. The lowest BCUT2D eigenvalue weighted by atomic mass is 9.84. The number of rotatable bonds is 1. The first kappa shape index (κ1) is 11.7. The van der Waals surface area contributed by atoms with Crippen LogP contribution in [0.2, 0.25) is 0 Å². The van der Waals surface area contributed by atoms with Crippen molar-refractivity contribution < 1.29 is 0 Å². The van der Waals surface area contributed by atoms with Gasteiger partial charge in [-0.2, -0.15) is 0 Å². The van der Waals surface area contributed by atoms with Crippen LogP contribution in [-0.4, -0.2) is 0 Å². The van der Waals surface area contributed by atoms with Gasteiger partial charge in [-0.25, -0.2) is 0 Å². The highest BCUT2D eigenvalue weighted by Gasteiger charge is 2.14. The standard InChI is InChI=1S/C12H24/c1-10(12(5,6)7)8-9-11(2,3)4/h8H,9H2,1-7H3. The summed E-state index contributed by atoms with van der Waals surface area (Å²) in [5, 5.41) is 0. The van der Waals surface area contributed by atoms with Gasteiger partial charge in [0.15, 0.2) is 0 Å². The molecule has 0 amide bonds. The van der Waals surface area contributed by atoms with E-state index < -0.39 is 0 Å². The van der Waals surface area contributed by atoms with E-state index in [2.05, 4.69) is 54.5 Å². The molecule has 0 unspecified atom stereocenters. The lowest BCUT2D eigenvalue weighted by molar-refractivity contribution is 0.413. The highest BCUT2D eigenvalue weighted by atomic mass is 14.2. The fraction of sp³-hybridized carbons (Fsp3) is 0.833. The van der Waals surface area contributed by atoms with Crippen molar-refractivity contribution in [3.63, 3.8) is 0 Å². The maximum atomic E-state index is 2.38. The molecule has 0 bridgehead atoms. The van der Waals surface area contributed by atoms with E-state index in [0.29, 0.717) is 10.8 Å². The van der Waals surface area contributed by atoms with Gasteiger partial charge in [-0.05, 0) is 24.2 Å². The summed E-state index contributed by atoms with van der Waals surface area (Å²) in [7, 11) is 0. The third-order valence-electron chi connectivity index (χ3n) is 2.20. The summed E-state index contributed by atoms with van der Waals surface area (Å²) >= 11 is 0. The van der Waals surface area contributed by atoms with Crippen LogP contribution in [0.4, 0.5) is 0 Å². The molecule has 12 heavy (non-hydrogen) atoms. The zero-order valence-electron chi connectivity index (χ0n) is 9.78. The molecule has 0 saturated heterocycles. The van der Waals surface area contributed by atoms with Gasteiger partial charge in [0.25, 0.3) is 0 Å². The predicted octanol–water partition coefficient (Wildman–Crippen LogP) is 4.42. The van der Waals surface area contributed by atoms with Crippen molar-refractivity contribution in [2.75, 3.05) is 0 Å². The molecule has 0 N–H and O–H groups in total. The van der Waals surface area contributed by atoms with E-state index in [1.807, 2.05) is 0 Å². The quantitative estimate of drug-likeness (QED) is 0.509. The summed E-state index contributed by atoms with van der Waals surface area (Å²) in [6, 6.07) is 0. The Labute approximate surface area is 78.1 Å². The van der Waals surface area contributed by atoms with Crippen LogP contribution in [0.3, 0.4) is 0 Å². The normalized spacial score (nSPS) is 15.1. The number of hydrogen-bond donors (Lipinski definition) is 0. The molecule has 0 aromatic carbocycles. The van der Waals surface area contributed by atoms with Crippen molar-refractivity contribution in [1.82, 2.24) is 0 Å². The molecule has 0 aromatic heterocycles. The van der Waals surface area contributed by atoms with Gasteiger partial charge in [0.2, 0.25) is 0 Å². The SMILES string of the molecule is CC(=CCC(C)(C)C)C(C)(C)C. The summed E-state index contributed by atoms with van der Waals surface area (Å²) in [5.74, 6) is 0. The number of hydrogen-bond acceptors (Lipinski definition) is 0. The molecule has 0 aliphatic rings. The molecule has 0 atom stereocenters. The van der Waals surface area contributed by atoms with E-state index in [1.54, 1.807) is 0 Å². The van der Waals surface area contributed by atoms with Crippen molar-refractivity contribution in [3.8, 4) is 0 Å². The molecule has 0 rings (SSSR count). The Kier molecular flexibility index (Phi) is 3.56. The lowest BCUT2D eigenvalue weighted by Gasteiger charge is -2.22. The van der Waals surface area contributed by atoms with Gasteiger partial charge in [0, 0.05) is 0 Å². The molecule has 72 valence electrons. The van der Waals surface area contributed by atoms with Crippen molar-refractivity contribution in [2.24, 2.45) is 10.8 Å². The largest absolute Gasteiger partial charge is 0.0846 e. The van der Waals surface area contributed by atoms with Gasteiger partial charge in [-0.1, -0.05) is 53.2 Å². The first-order chi connectivity index (χ1) is 5.13. The van der Waals surface area contributed by atoms with Crippen LogP contribution >= 0.6 is 0 Å². The molecule has 0 nitrogen and oxygen atoms in total. The summed E-state index contributed by atoms with van der Waals surface area (Å²) in [6.45, 7) is 15.9. The third-order valence-corrected chi connectivity index (χ3v) is 2.20. The lowest BCUT2D eigenvalue weighted by Crippen LogP contribution is -2.09. The van der Waals surface area contributed by atoms with E-state index >= 15 is 0 Å². The van der Waals surface area contributed by atoms with Gasteiger partial charge in [-0.15, -0.1) is 0 Å². The zero-order valence-corrected chi connectivity index (χ0v) is 9.78. The molecule has 0 heteroatoms.